The molecule has 0 aromatic heterocycles. The number of nitrogens with zero attached hydrogens (tertiary/aromatic N) is 1. The van der Waals surface area contributed by atoms with Gasteiger partial charge in [0.05, 0.1) is 16.8 Å². The Labute approximate surface area is 182 Å². The van der Waals surface area contributed by atoms with Crippen LogP contribution in [0, 0.1) is 0 Å². The topological polar surface area (TPSA) is 63.7 Å². The van der Waals surface area contributed by atoms with Crippen molar-refractivity contribution in [2.75, 3.05) is 4.90 Å². The van der Waals surface area contributed by atoms with Crippen LogP contribution in [0.15, 0.2) is 42.2 Å². The van der Waals surface area contributed by atoms with Gasteiger partial charge >= 0.3 is 5.97 Å². The lowest BCUT2D eigenvalue weighted by atomic mass is 10.1. The van der Waals surface area contributed by atoms with Gasteiger partial charge in [-0.2, -0.15) is 0 Å². The zero-order chi connectivity index (χ0) is 19.2. The van der Waals surface area contributed by atoms with Crippen molar-refractivity contribution in [3.8, 4) is 5.75 Å². The molecule has 5 nitrogen and oxygen atoms in total. The van der Waals surface area contributed by atoms with Gasteiger partial charge in [0.25, 0.3) is 11.8 Å². The van der Waals surface area contributed by atoms with Gasteiger partial charge in [-0.25, -0.2) is 4.90 Å². The molecule has 3 rings (SSSR count). The third kappa shape index (κ3) is 3.19. The smallest absolute Gasteiger partial charge is 0.310 e. The monoisotopic (exact) mass is 607 g/mol. The van der Waals surface area contributed by atoms with E-state index in [2.05, 4.69) is 63.7 Å². The fraction of sp³-hybridized carbons (Fsp3) is 0.118. The average Bonchev–Trinajstić information content (AvgIpc) is 2.88. The van der Waals surface area contributed by atoms with Crippen LogP contribution in [0.2, 0.25) is 0 Å². The van der Waals surface area contributed by atoms with E-state index in [4.69, 9.17) is 4.74 Å². The number of rotatable bonds is 3. The number of halogens is 4. The molecule has 1 aliphatic heterocycles. The standard InChI is InChI=1S/C17H9Br4NO4/c1-2-9(23)26-8-5-3-4-7(6-8)22-16(24)10-11(17(22)25)13(19)15(21)14(20)12(10)18/h3-6H,2H2,1H3. The highest BCUT2D eigenvalue weighted by Gasteiger charge is 2.41. The molecule has 0 saturated carbocycles. The van der Waals surface area contributed by atoms with Gasteiger partial charge in [-0.15, -0.1) is 0 Å². The maximum atomic E-state index is 12.9. The normalized spacial score (nSPS) is 13.2. The van der Waals surface area contributed by atoms with Gasteiger partial charge in [-0.05, 0) is 75.9 Å². The number of benzene rings is 2. The fourth-order valence-corrected chi connectivity index (χ4v) is 4.93. The first-order chi connectivity index (χ1) is 12.3. The zero-order valence-electron chi connectivity index (χ0n) is 13.1. The Bertz CT molecular complexity index is 927. The van der Waals surface area contributed by atoms with Crippen LogP contribution in [-0.2, 0) is 4.79 Å². The van der Waals surface area contributed by atoms with Gasteiger partial charge in [0, 0.05) is 30.4 Å². The lowest BCUT2D eigenvalue weighted by Gasteiger charge is -2.15. The van der Waals surface area contributed by atoms with Crippen LogP contribution in [0.4, 0.5) is 5.69 Å². The quantitative estimate of drug-likeness (QED) is 0.144. The van der Waals surface area contributed by atoms with Gasteiger partial charge in [0.1, 0.15) is 5.75 Å². The molecule has 0 radical (unpaired) electrons. The summed E-state index contributed by atoms with van der Waals surface area (Å²) in [5, 5.41) is 0. The summed E-state index contributed by atoms with van der Waals surface area (Å²) in [6.07, 6.45) is 0.221. The molecule has 2 aromatic carbocycles. The van der Waals surface area contributed by atoms with E-state index in [0.29, 0.717) is 23.6 Å². The molecular formula is C17H9Br4NO4. The van der Waals surface area contributed by atoms with E-state index in [0.717, 1.165) is 4.90 Å². The highest BCUT2D eigenvalue weighted by atomic mass is 79.9. The van der Waals surface area contributed by atoms with Crippen molar-refractivity contribution in [1.82, 2.24) is 0 Å². The molecule has 9 heteroatoms. The molecule has 0 saturated heterocycles. The molecule has 0 bridgehead atoms. The van der Waals surface area contributed by atoms with Crippen molar-refractivity contribution >= 4 is 87.2 Å². The molecule has 0 N–H and O–H groups in total. The number of carbonyl (C=O) groups excluding carboxylic acids is 3. The Hall–Kier alpha value is -1.03. The highest BCUT2D eigenvalue weighted by Crippen LogP contribution is 2.46. The first-order valence-corrected chi connectivity index (χ1v) is 10.5. The van der Waals surface area contributed by atoms with Crippen molar-refractivity contribution in [2.45, 2.75) is 13.3 Å². The van der Waals surface area contributed by atoms with E-state index < -0.39 is 17.8 Å². The van der Waals surface area contributed by atoms with Crippen LogP contribution >= 0.6 is 63.7 Å². The van der Waals surface area contributed by atoms with E-state index in [1.807, 2.05) is 0 Å². The minimum atomic E-state index is -0.468. The number of fused-ring (bicyclic) bond motifs is 1. The maximum absolute atomic E-state index is 12.9. The van der Waals surface area contributed by atoms with E-state index >= 15 is 0 Å². The van der Waals surface area contributed by atoms with Gasteiger partial charge in [-0.3, -0.25) is 14.4 Å². The molecule has 26 heavy (non-hydrogen) atoms. The van der Waals surface area contributed by atoms with Crippen LogP contribution in [-0.4, -0.2) is 17.8 Å². The van der Waals surface area contributed by atoms with Crippen molar-refractivity contribution in [1.29, 1.82) is 0 Å². The molecule has 2 amide bonds. The molecule has 2 aromatic rings. The second-order valence-corrected chi connectivity index (χ2v) is 8.45. The maximum Gasteiger partial charge on any atom is 0.310 e. The Kier molecular flexibility index (Phi) is 5.72. The number of hydrogen-bond donors (Lipinski definition) is 0. The SMILES string of the molecule is CCC(=O)Oc1cccc(N2C(=O)c3c(Br)c(Br)c(Br)c(Br)c3C2=O)c1. The molecule has 0 fully saturated rings. The van der Waals surface area contributed by atoms with Crippen LogP contribution < -0.4 is 9.64 Å². The van der Waals surface area contributed by atoms with Gasteiger partial charge in [0.15, 0.2) is 0 Å². The Morgan fingerprint density at radius 2 is 1.50 bits per heavy atom. The lowest BCUT2D eigenvalue weighted by Crippen LogP contribution is -2.29. The summed E-state index contributed by atoms with van der Waals surface area (Å²) in [7, 11) is 0. The molecule has 0 spiro atoms. The molecule has 134 valence electrons. The lowest BCUT2D eigenvalue weighted by molar-refractivity contribution is -0.134. The Morgan fingerprint density at radius 1 is 0.962 bits per heavy atom. The van der Waals surface area contributed by atoms with E-state index in [9.17, 15) is 14.4 Å². The molecule has 1 heterocycles. The summed E-state index contributed by atoms with van der Waals surface area (Å²) in [5.74, 6) is -1.07. The van der Waals surface area contributed by atoms with Crippen LogP contribution in [0.1, 0.15) is 34.1 Å². The van der Waals surface area contributed by atoms with Crippen molar-refractivity contribution in [3.05, 3.63) is 53.3 Å². The zero-order valence-corrected chi connectivity index (χ0v) is 19.5. The van der Waals surface area contributed by atoms with Crippen LogP contribution in [0.5, 0.6) is 5.75 Å². The minimum absolute atomic E-state index is 0.221. The van der Waals surface area contributed by atoms with Crippen molar-refractivity contribution in [3.63, 3.8) is 0 Å². The van der Waals surface area contributed by atoms with Gasteiger partial charge in [0.2, 0.25) is 0 Å². The molecule has 0 unspecified atom stereocenters. The molecule has 1 aliphatic rings. The number of carbonyl (C=O) groups is 3. The summed E-state index contributed by atoms with van der Waals surface area (Å²) in [6.45, 7) is 1.68. The summed E-state index contributed by atoms with van der Waals surface area (Å²) >= 11 is 13.5. The summed E-state index contributed by atoms with van der Waals surface area (Å²) < 4.78 is 7.39. The van der Waals surface area contributed by atoms with Crippen LogP contribution in [0.25, 0.3) is 0 Å². The first-order valence-electron chi connectivity index (χ1n) is 7.33. The number of esters is 1. The first kappa shape index (κ1) is 19.7. The third-order valence-electron chi connectivity index (χ3n) is 3.70. The van der Waals surface area contributed by atoms with Gasteiger partial charge < -0.3 is 4.74 Å². The summed E-state index contributed by atoms with van der Waals surface area (Å²) in [4.78, 5) is 38.4. The Balaban J connectivity index is 2.09. The van der Waals surface area contributed by atoms with Crippen molar-refractivity contribution in [2.24, 2.45) is 0 Å². The van der Waals surface area contributed by atoms with E-state index in [-0.39, 0.29) is 23.3 Å². The summed E-state index contributed by atoms with van der Waals surface area (Å²) in [5.41, 5.74) is 0.837. The summed E-state index contributed by atoms with van der Waals surface area (Å²) in [6, 6.07) is 6.30. The number of hydrogen-bond acceptors (Lipinski definition) is 4. The molecule has 0 aliphatic carbocycles. The largest absolute Gasteiger partial charge is 0.426 e. The fourth-order valence-electron chi connectivity index (χ4n) is 2.47. The number of ether oxygens (including phenoxy) is 1. The number of imide groups is 1. The highest BCUT2D eigenvalue weighted by molar-refractivity contribution is 9.15. The van der Waals surface area contributed by atoms with Crippen LogP contribution in [0.3, 0.4) is 0 Å². The Morgan fingerprint density at radius 3 is 2.00 bits per heavy atom. The van der Waals surface area contributed by atoms with Crippen molar-refractivity contribution < 1.29 is 19.1 Å². The predicted octanol–water partition coefficient (Wildman–Crippen LogP) is 5.85. The molecule has 0 atom stereocenters. The predicted molar refractivity (Wildman–Crippen MR) is 111 cm³/mol. The average molecular weight is 611 g/mol. The minimum Gasteiger partial charge on any atom is -0.426 e. The van der Waals surface area contributed by atoms with E-state index in [1.54, 1.807) is 25.1 Å². The number of anilines is 1. The van der Waals surface area contributed by atoms with E-state index in [1.165, 1.54) is 6.07 Å². The second-order valence-electron chi connectivity index (χ2n) is 5.28. The number of amides is 2. The second kappa shape index (κ2) is 7.53. The molecular weight excluding hydrogens is 602 g/mol. The third-order valence-corrected chi connectivity index (χ3v) is 8.47. The van der Waals surface area contributed by atoms with Gasteiger partial charge in [-0.1, -0.05) is 13.0 Å².